The summed E-state index contributed by atoms with van der Waals surface area (Å²) >= 11 is 1.83. The van der Waals surface area contributed by atoms with E-state index >= 15 is 0 Å². The number of carbonyl (C=O) groups excluding carboxylic acids is 1. The Morgan fingerprint density at radius 2 is 1.94 bits per heavy atom. The summed E-state index contributed by atoms with van der Waals surface area (Å²) in [7, 11) is 2.00. The van der Waals surface area contributed by atoms with Gasteiger partial charge in [0, 0.05) is 41.2 Å². The molecule has 2 heterocycles. The minimum Gasteiger partial charge on any atom is -0.349 e. The molecule has 1 aromatic carbocycles. The minimum absolute atomic E-state index is 0.0231. The van der Waals surface area contributed by atoms with Gasteiger partial charge in [-0.15, -0.1) is 0 Å². The van der Waals surface area contributed by atoms with Gasteiger partial charge in [0.15, 0.2) is 0 Å². The number of hydrogen-bond acceptors (Lipinski definition) is 1. The van der Waals surface area contributed by atoms with E-state index in [1.54, 1.807) is 4.57 Å². The third-order valence-corrected chi connectivity index (χ3v) is 3.35. The van der Waals surface area contributed by atoms with Crippen LogP contribution in [0.1, 0.15) is 0 Å². The highest BCUT2D eigenvalue weighted by atomic mass is 127. The van der Waals surface area contributed by atoms with Crippen LogP contribution in [0.2, 0.25) is 0 Å². The lowest BCUT2D eigenvalue weighted by atomic mass is 10.2. The van der Waals surface area contributed by atoms with Crippen molar-refractivity contribution in [2.75, 3.05) is 0 Å². The highest BCUT2D eigenvalue weighted by Gasteiger charge is 2.15. The van der Waals surface area contributed by atoms with Crippen molar-refractivity contribution >= 4 is 48.4 Å². The van der Waals surface area contributed by atoms with E-state index in [0.29, 0.717) is 0 Å². The van der Waals surface area contributed by atoms with Gasteiger partial charge in [0.25, 0.3) is 3.91 Å². The van der Waals surface area contributed by atoms with Crippen LogP contribution in [0.15, 0.2) is 36.5 Å². The summed E-state index contributed by atoms with van der Waals surface area (Å²) in [5, 5.41) is 1.12. The SMILES string of the molecule is Cn1ccc2c1c1ccccc1n2C(=O)I. The smallest absolute Gasteiger partial charge is 0.292 e. The van der Waals surface area contributed by atoms with Crippen molar-refractivity contribution in [3.05, 3.63) is 36.5 Å². The van der Waals surface area contributed by atoms with Crippen LogP contribution in [0.5, 0.6) is 0 Å². The Bertz CT molecular complexity index is 708. The maximum absolute atomic E-state index is 11.7. The third kappa shape index (κ3) is 1.16. The molecule has 3 rings (SSSR count). The Hall–Kier alpha value is -1.30. The Balaban J connectivity index is 2.65. The zero-order valence-electron chi connectivity index (χ0n) is 8.64. The number of carbonyl (C=O) groups is 1. The number of aromatic nitrogens is 2. The van der Waals surface area contributed by atoms with Crippen LogP contribution in [-0.2, 0) is 7.05 Å². The minimum atomic E-state index is 0.0231. The molecule has 4 heteroatoms. The number of hydrogen-bond donors (Lipinski definition) is 0. The first-order chi connectivity index (χ1) is 7.70. The molecule has 0 amide bonds. The van der Waals surface area contributed by atoms with Crippen molar-refractivity contribution in [2.45, 2.75) is 0 Å². The molecule has 2 aromatic heterocycles. The number of nitrogens with zero attached hydrogens (tertiary/aromatic N) is 2. The van der Waals surface area contributed by atoms with E-state index < -0.39 is 0 Å². The fourth-order valence-electron chi connectivity index (χ4n) is 2.21. The molecule has 0 N–H and O–H groups in total. The summed E-state index contributed by atoms with van der Waals surface area (Å²) in [6.07, 6.45) is 1.98. The van der Waals surface area contributed by atoms with Crippen molar-refractivity contribution in [1.82, 2.24) is 9.13 Å². The van der Waals surface area contributed by atoms with E-state index in [2.05, 4.69) is 0 Å². The van der Waals surface area contributed by atoms with Gasteiger partial charge >= 0.3 is 0 Å². The molecule has 16 heavy (non-hydrogen) atoms. The molecular weight excluding hydrogens is 315 g/mol. The van der Waals surface area contributed by atoms with E-state index in [1.807, 2.05) is 70.7 Å². The highest BCUT2D eigenvalue weighted by Crippen LogP contribution is 2.29. The summed E-state index contributed by atoms with van der Waals surface area (Å²) in [6, 6.07) is 9.96. The standard InChI is InChI=1S/C12H9IN2O/c1-14-7-6-10-11(14)8-4-2-3-5-9(8)15(10)12(13)16/h2-7H,1H3. The molecule has 0 spiro atoms. The van der Waals surface area contributed by atoms with Gasteiger partial charge in [0.1, 0.15) is 0 Å². The van der Waals surface area contributed by atoms with E-state index in [0.717, 1.165) is 21.9 Å². The summed E-state index contributed by atoms with van der Waals surface area (Å²) in [4.78, 5) is 11.7. The highest BCUT2D eigenvalue weighted by molar-refractivity contribution is 14.1. The van der Waals surface area contributed by atoms with Crippen LogP contribution in [-0.4, -0.2) is 13.0 Å². The van der Waals surface area contributed by atoms with Crippen LogP contribution >= 0.6 is 22.6 Å². The molecular formula is C12H9IN2O. The lowest BCUT2D eigenvalue weighted by Crippen LogP contribution is -1.99. The van der Waals surface area contributed by atoms with Gasteiger partial charge in [-0.05, 0) is 12.1 Å². The van der Waals surface area contributed by atoms with Gasteiger partial charge in [-0.2, -0.15) is 0 Å². The first kappa shape index (κ1) is 9.89. The van der Waals surface area contributed by atoms with E-state index in [-0.39, 0.29) is 3.91 Å². The largest absolute Gasteiger partial charge is 0.349 e. The lowest BCUT2D eigenvalue weighted by molar-refractivity contribution is 0.265. The van der Waals surface area contributed by atoms with Gasteiger partial charge in [-0.3, -0.25) is 9.36 Å². The van der Waals surface area contributed by atoms with Crippen LogP contribution in [0, 0.1) is 0 Å². The zero-order valence-corrected chi connectivity index (χ0v) is 10.8. The molecule has 0 radical (unpaired) electrons. The number of halogens is 1. The van der Waals surface area contributed by atoms with Gasteiger partial charge in [0.2, 0.25) is 0 Å². The first-order valence-corrected chi connectivity index (χ1v) is 6.02. The topological polar surface area (TPSA) is 26.9 Å². The van der Waals surface area contributed by atoms with E-state index in [4.69, 9.17) is 0 Å². The van der Waals surface area contributed by atoms with Crippen LogP contribution in [0.4, 0.5) is 4.79 Å². The molecule has 3 aromatic rings. The molecule has 80 valence electrons. The second kappa shape index (κ2) is 3.35. The lowest BCUT2D eigenvalue weighted by Gasteiger charge is -1.97. The summed E-state index contributed by atoms with van der Waals surface area (Å²) in [5.74, 6) is 0. The molecule has 0 fully saturated rings. The van der Waals surface area contributed by atoms with Crippen LogP contribution < -0.4 is 0 Å². The van der Waals surface area contributed by atoms with Crippen molar-refractivity contribution < 1.29 is 4.79 Å². The molecule has 0 saturated carbocycles. The van der Waals surface area contributed by atoms with E-state index in [9.17, 15) is 4.79 Å². The Kier molecular flexibility index (Phi) is 2.07. The predicted octanol–water partition coefficient (Wildman–Crippen LogP) is 3.54. The maximum Gasteiger partial charge on any atom is 0.292 e. The summed E-state index contributed by atoms with van der Waals surface area (Å²) in [6.45, 7) is 0. The predicted molar refractivity (Wildman–Crippen MR) is 73.2 cm³/mol. The fraction of sp³-hybridized carbons (Fsp3) is 0.0833. The normalized spacial score (nSPS) is 11.4. The zero-order chi connectivity index (χ0) is 11.3. The Morgan fingerprint density at radius 3 is 2.69 bits per heavy atom. The molecule has 0 unspecified atom stereocenters. The molecule has 3 nitrogen and oxygen atoms in total. The molecule has 0 aliphatic heterocycles. The average molecular weight is 324 g/mol. The monoisotopic (exact) mass is 324 g/mol. The number of rotatable bonds is 0. The second-order valence-electron chi connectivity index (χ2n) is 3.77. The summed E-state index contributed by atoms with van der Waals surface area (Å²) in [5.41, 5.74) is 3.06. The number of para-hydroxylation sites is 1. The van der Waals surface area contributed by atoms with Crippen molar-refractivity contribution in [3.63, 3.8) is 0 Å². The average Bonchev–Trinajstić information content (AvgIpc) is 2.76. The maximum atomic E-state index is 11.7. The van der Waals surface area contributed by atoms with Crippen molar-refractivity contribution in [1.29, 1.82) is 0 Å². The van der Waals surface area contributed by atoms with Crippen molar-refractivity contribution in [3.8, 4) is 0 Å². The quantitative estimate of drug-likeness (QED) is 0.459. The van der Waals surface area contributed by atoms with Crippen LogP contribution in [0.25, 0.3) is 21.9 Å². The third-order valence-electron chi connectivity index (χ3n) is 2.87. The van der Waals surface area contributed by atoms with Gasteiger partial charge in [0.05, 0.1) is 16.6 Å². The summed E-state index contributed by atoms with van der Waals surface area (Å²) < 4.78 is 3.83. The Labute approximate surface area is 106 Å². The first-order valence-electron chi connectivity index (χ1n) is 4.94. The molecule has 0 aliphatic carbocycles. The molecule has 0 bridgehead atoms. The number of fused-ring (bicyclic) bond motifs is 3. The number of aryl methyl sites for hydroxylation is 1. The second-order valence-corrected chi connectivity index (χ2v) is 4.69. The molecule has 0 atom stereocenters. The van der Waals surface area contributed by atoms with Gasteiger partial charge in [-0.1, -0.05) is 18.2 Å². The van der Waals surface area contributed by atoms with Gasteiger partial charge in [-0.25, -0.2) is 0 Å². The fourth-order valence-corrected chi connectivity index (χ4v) is 2.73. The Morgan fingerprint density at radius 1 is 1.19 bits per heavy atom. The van der Waals surface area contributed by atoms with Gasteiger partial charge < -0.3 is 4.57 Å². The van der Waals surface area contributed by atoms with E-state index in [1.165, 1.54) is 0 Å². The van der Waals surface area contributed by atoms with Crippen LogP contribution in [0.3, 0.4) is 0 Å². The van der Waals surface area contributed by atoms with Crippen molar-refractivity contribution in [2.24, 2.45) is 7.05 Å². The molecule has 0 aliphatic rings. The molecule has 0 saturated heterocycles. The number of benzene rings is 1.